The zero-order valence-corrected chi connectivity index (χ0v) is 17.7. The monoisotopic (exact) mass is 421 g/mol. The number of rotatable bonds is 5. The standard InChI is InChI=1S/C21H23N7OS/c1-14-10-19(26-25-14)24-21-23-18(12-20-22-15(2)13-28(20)21)16-6-5-7-17(11-16)30(29)27-8-3-4-9-27/h5-7,10-13H,3-4,8-9H2,1-2H3,(H2,23,24,25,26). The minimum absolute atomic E-state index is 0.626. The van der Waals surface area contributed by atoms with Gasteiger partial charge in [-0.1, -0.05) is 12.1 Å². The summed E-state index contributed by atoms with van der Waals surface area (Å²) in [5.41, 5.74) is 4.33. The number of imidazole rings is 1. The number of aromatic nitrogens is 5. The topological polar surface area (TPSA) is 91.2 Å². The van der Waals surface area contributed by atoms with Gasteiger partial charge in [0.1, 0.15) is 16.6 Å². The largest absolute Gasteiger partial charge is 0.308 e. The van der Waals surface area contributed by atoms with Gasteiger partial charge in [-0.05, 0) is 38.8 Å². The molecule has 0 saturated carbocycles. The van der Waals surface area contributed by atoms with E-state index in [0.29, 0.717) is 11.8 Å². The lowest BCUT2D eigenvalue weighted by molar-refractivity contribution is 0.536. The number of hydrogen-bond acceptors (Lipinski definition) is 5. The normalized spacial score (nSPS) is 15.7. The van der Waals surface area contributed by atoms with Gasteiger partial charge in [0.15, 0.2) is 5.82 Å². The van der Waals surface area contributed by atoms with Crippen LogP contribution in [0.1, 0.15) is 24.2 Å². The second-order valence-corrected chi connectivity index (χ2v) is 9.04. The van der Waals surface area contributed by atoms with Gasteiger partial charge in [0.05, 0.1) is 16.3 Å². The molecule has 2 N–H and O–H groups in total. The number of aromatic amines is 1. The van der Waals surface area contributed by atoms with E-state index in [4.69, 9.17) is 4.98 Å². The molecule has 1 saturated heterocycles. The van der Waals surface area contributed by atoms with Crippen LogP contribution in [0.3, 0.4) is 0 Å². The Balaban J connectivity index is 1.55. The molecule has 8 nitrogen and oxygen atoms in total. The maximum atomic E-state index is 12.9. The first-order chi connectivity index (χ1) is 14.6. The van der Waals surface area contributed by atoms with Crippen LogP contribution in [0.15, 0.2) is 47.5 Å². The molecule has 0 radical (unpaired) electrons. The maximum Gasteiger partial charge on any atom is 0.215 e. The molecular formula is C21H23N7OS. The first-order valence-electron chi connectivity index (χ1n) is 10.00. The number of anilines is 2. The van der Waals surface area contributed by atoms with Crippen molar-refractivity contribution in [3.63, 3.8) is 0 Å². The van der Waals surface area contributed by atoms with Crippen LogP contribution in [0, 0.1) is 13.8 Å². The Morgan fingerprint density at radius 2 is 1.93 bits per heavy atom. The molecule has 1 aliphatic heterocycles. The third-order valence-corrected chi connectivity index (χ3v) is 6.64. The van der Waals surface area contributed by atoms with Gasteiger partial charge < -0.3 is 5.32 Å². The van der Waals surface area contributed by atoms with Gasteiger partial charge in [0, 0.05) is 42.7 Å². The Hall–Kier alpha value is -3.04. The molecule has 0 aliphatic carbocycles. The number of nitrogens with zero attached hydrogens (tertiary/aromatic N) is 5. The molecule has 0 bridgehead atoms. The SMILES string of the molecule is Cc1cn2c(Nc3cc(C)[nH]n3)nc(-c3cccc(S(=O)N4CCCC4)c3)cc2n1. The second-order valence-electron chi connectivity index (χ2n) is 7.55. The van der Waals surface area contributed by atoms with Crippen LogP contribution in [0.25, 0.3) is 16.9 Å². The van der Waals surface area contributed by atoms with E-state index in [1.165, 1.54) is 0 Å². The van der Waals surface area contributed by atoms with Crippen molar-refractivity contribution in [2.45, 2.75) is 31.6 Å². The fraction of sp³-hybridized carbons (Fsp3) is 0.286. The summed E-state index contributed by atoms with van der Waals surface area (Å²) in [6.45, 7) is 5.66. The summed E-state index contributed by atoms with van der Waals surface area (Å²) >= 11 is 0. The average molecular weight is 422 g/mol. The van der Waals surface area contributed by atoms with E-state index in [2.05, 4.69) is 20.5 Å². The highest BCUT2D eigenvalue weighted by Crippen LogP contribution is 2.26. The van der Waals surface area contributed by atoms with Crippen LogP contribution < -0.4 is 5.32 Å². The molecule has 4 aromatic rings. The van der Waals surface area contributed by atoms with Crippen LogP contribution in [0.2, 0.25) is 0 Å². The fourth-order valence-corrected chi connectivity index (χ4v) is 5.02. The van der Waals surface area contributed by atoms with E-state index in [1.54, 1.807) is 0 Å². The van der Waals surface area contributed by atoms with E-state index in [-0.39, 0.29) is 0 Å². The Labute approximate surface area is 177 Å². The summed E-state index contributed by atoms with van der Waals surface area (Å²) in [6, 6.07) is 11.7. The molecule has 1 unspecified atom stereocenters. The van der Waals surface area contributed by atoms with Crippen molar-refractivity contribution >= 4 is 28.4 Å². The van der Waals surface area contributed by atoms with Gasteiger partial charge in [0.25, 0.3) is 0 Å². The molecule has 30 heavy (non-hydrogen) atoms. The highest BCUT2D eigenvalue weighted by molar-refractivity contribution is 7.82. The lowest BCUT2D eigenvalue weighted by atomic mass is 10.1. The molecule has 4 heterocycles. The van der Waals surface area contributed by atoms with Gasteiger partial charge in [-0.3, -0.25) is 9.50 Å². The van der Waals surface area contributed by atoms with E-state index in [9.17, 15) is 4.21 Å². The van der Waals surface area contributed by atoms with Crippen molar-refractivity contribution in [3.05, 3.63) is 54.0 Å². The first-order valence-corrected chi connectivity index (χ1v) is 11.1. The Morgan fingerprint density at radius 3 is 2.70 bits per heavy atom. The van der Waals surface area contributed by atoms with Crippen LogP contribution in [0.5, 0.6) is 0 Å². The molecule has 0 amide bonds. The molecule has 154 valence electrons. The van der Waals surface area contributed by atoms with Crippen molar-refractivity contribution in [1.29, 1.82) is 0 Å². The highest BCUT2D eigenvalue weighted by Gasteiger charge is 2.20. The molecule has 1 aromatic carbocycles. The van der Waals surface area contributed by atoms with E-state index in [0.717, 1.165) is 59.1 Å². The van der Waals surface area contributed by atoms with Crippen LogP contribution in [-0.4, -0.2) is 46.2 Å². The van der Waals surface area contributed by atoms with Crippen molar-refractivity contribution in [3.8, 4) is 11.3 Å². The summed E-state index contributed by atoms with van der Waals surface area (Å²) < 4.78 is 16.9. The number of benzene rings is 1. The molecule has 1 aliphatic rings. The summed E-state index contributed by atoms with van der Waals surface area (Å²) in [4.78, 5) is 10.2. The van der Waals surface area contributed by atoms with Crippen LogP contribution >= 0.6 is 0 Å². The third-order valence-electron chi connectivity index (χ3n) is 5.15. The summed E-state index contributed by atoms with van der Waals surface area (Å²) in [6.07, 6.45) is 4.14. The zero-order chi connectivity index (χ0) is 20.7. The van der Waals surface area contributed by atoms with Crippen molar-refractivity contribution in [2.24, 2.45) is 0 Å². The summed E-state index contributed by atoms with van der Waals surface area (Å²) in [7, 11) is -1.14. The van der Waals surface area contributed by atoms with Crippen LogP contribution in [0.4, 0.5) is 11.8 Å². The van der Waals surface area contributed by atoms with E-state index in [1.807, 2.05) is 65.1 Å². The molecule has 1 fully saturated rings. The lowest BCUT2D eigenvalue weighted by Crippen LogP contribution is -2.22. The summed E-state index contributed by atoms with van der Waals surface area (Å²) in [5, 5.41) is 10.5. The number of nitrogens with one attached hydrogen (secondary N) is 2. The first kappa shape index (κ1) is 19.0. The molecule has 1 atom stereocenters. The van der Waals surface area contributed by atoms with Gasteiger partial charge in [0.2, 0.25) is 5.95 Å². The minimum atomic E-state index is -1.14. The fourth-order valence-electron chi connectivity index (χ4n) is 3.71. The second kappa shape index (κ2) is 7.66. The quantitative estimate of drug-likeness (QED) is 0.514. The lowest BCUT2D eigenvalue weighted by Gasteiger charge is -2.14. The van der Waals surface area contributed by atoms with Gasteiger partial charge >= 0.3 is 0 Å². The average Bonchev–Trinajstić information content (AvgIpc) is 3.48. The third kappa shape index (κ3) is 3.61. The molecule has 0 spiro atoms. The number of H-pyrrole nitrogens is 1. The highest BCUT2D eigenvalue weighted by atomic mass is 32.2. The zero-order valence-electron chi connectivity index (χ0n) is 16.9. The van der Waals surface area contributed by atoms with Gasteiger partial charge in [-0.25, -0.2) is 18.5 Å². The van der Waals surface area contributed by atoms with E-state index < -0.39 is 11.0 Å². The minimum Gasteiger partial charge on any atom is -0.308 e. The van der Waals surface area contributed by atoms with Crippen LogP contribution in [-0.2, 0) is 11.0 Å². The van der Waals surface area contributed by atoms with E-state index >= 15 is 0 Å². The predicted octanol–water partition coefficient (Wildman–Crippen LogP) is 3.60. The summed E-state index contributed by atoms with van der Waals surface area (Å²) in [5.74, 6) is 1.31. The molecule has 3 aromatic heterocycles. The Kier molecular flexibility index (Phi) is 4.84. The maximum absolute atomic E-state index is 12.9. The predicted molar refractivity (Wildman–Crippen MR) is 117 cm³/mol. The van der Waals surface area contributed by atoms with Crippen molar-refractivity contribution in [1.82, 2.24) is 28.9 Å². The molecule has 9 heteroatoms. The smallest absolute Gasteiger partial charge is 0.215 e. The number of fused-ring (bicyclic) bond motifs is 1. The molecule has 5 rings (SSSR count). The van der Waals surface area contributed by atoms with Gasteiger partial charge in [-0.15, -0.1) is 0 Å². The Bertz CT molecular complexity index is 1240. The van der Waals surface area contributed by atoms with Crippen molar-refractivity contribution < 1.29 is 4.21 Å². The number of aryl methyl sites for hydroxylation is 2. The van der Waals surface area contributed by atoms with Crippen molar-refractivity contribution in [2.75, 3.05) is 18.4 Å². The van der Waals surface area contributed by atoms with Gasteiger partial charge in [-0.2, -0.15) is 5.10 Å². The molecular weight excluding hydrogens is 398 g/mol. The number of hydrogen-bond donors (Lipinski definition) is 2. The Morgan fingerprint density at radius 1 is 1.10 bits per heavy atom.